The highest BCUT2D eigenvalue weighted by Gasteiger charge is 2.22. The summed E-state index contributed by atoms with van der Waals surface area (Å²) in [6, 6.07) is 17.7. The maximum Gasteiger partial charge on any atom is 0.104 e. The average Bonchev–Trinajstić information content (AvgIpc) is 2.92. The highest BCUT2D eigenvalue weighted by molar-refractivity contribution is 7.18. The van der Waals surface area contributed by atoms with Gasteiger partial charge in [-0.15, -0.1) is 17.9 Å². The van der Waals surface area contributed by atoms with Gasteiger partial charge in [-0.25, -0.2) is 4.98 Å². The zero-order valence-electron chi connectivity index (χ0n) is 10.9. The van der Waals surface area contributed by atoms with Crippen LogP contribution in [-0.4, -0.2) is 10.1 Å². The summed E-state index contributed by atoms with van der Waals surface area (Å²) >= 11 is 1.61. The molecule has 0 radical (unpaired) electrons. The Morgan fingerprint density at radius 3 is 2.45 bits per heavy atom. The van der Waals surface area contributed by atoms with Crippen molar-refractivity contribution in [2.75, 3.05) is 0 Å². The van der Waals surface area contributed by atoms with Crippen LogP contribution >= 0.6 is 11.3 Å². The number of aliphatic hydroxyl groups excluding tert-OH is 1. The summed E-state index contributed by atoms with van der Waals surface area (Å²) < 4.78 is 1.13. The minimum absolute atomic E-state index is 0.185. The second-order valence-corrected chi connectivity index (χ2v) is 5.70. The van der Waals surface area contributed by atoms with Gasteiger partial charge in [0.15, 0.2) is 0 Å². The topological polar surface area (TPSA) is 33.1 Å². The van der Waals surface area contributed by atoms with Gasteiger partial charge in [0.25, 0.3) is 0 Å². The van der Waals surface area contributed by atoms with E-state index in [-0.39, 0.29) is 5.92 Å². The summed E-state index contributed by atoms with van der Waals surface area (Å²) in [6.45, 7) is 3.86. The molecule has 100 valence electrons. The molecule has 0 spiro atoms. The second-order valence-electron chi connectivity index (χ2n) is 4.64. The van der Waals surface area contributed by atoms with Crippen LogP contribution in [0.25, 0.3) is 10.2 Å². The van der Waals surface area contributed by atoms with E-state index in [1.165, 1.54) is 0 Å². The lowest BCUT2D eigenvalue weighted by Crippen LogP contribution is -2.08. The van der Waals surface area contributed by atoms with E-state index in [0.29, 0.717) is 0 Å². The molecular formula is C17H15NOS. The number of nitrogens with zero attached hydrogens (tertiary/aromatic N) is 1. The van der Waals surface area contributed by atoms with Crippen molar-refractivity contribution in [2.45, 2.75) is 12.0 Å². The summed E-state index contributed by atoms with van der Waals surface area (Å²) in [5.41, 5.74) is 1.86. The number of benzene rings is 2. The summed E-state index contributed by atoms with van der Waals surface area (Å²) in [5.74, 6) is -0.185. The van der Waals surface area contributed by atoms with E-state index >= 15 is 0 Å². The van der Waals surface area contributed by atoms with E-state index in [1.807, 2.05) is 54.6 Å². The first kappa shape index (κ1) is 13.0. The highest BCUT2D eigenvalue weighted by Crippen LogP contribution is 2.36. The van der Waals surface area contributed by atoms with Crippen LogP contribution in [0.1, 0.15) is 22.6 Å². The number of thiazole rings is 1. The number of para-hydroxylation sites is 1. The van der Waals surface area contributed by atoms with Crippen LogP contribution in [-0.2, 0) is 0 Å². The van der Waals surface area contributed by atoms with E-state index in [1.54, 1.807) is 17.4 Å². The Kier molecular flexibility index (Phi) is 3.63. The van der Waals surface area contributed by atoms with Crippen molar-refractivity contribution in [1.29, 1.82) is 0 Å². The fourth-order valence-electron chi connectivity index (χ4n) is 2.25. The van der Waals surface area contributed by atoms with Gasteiger partial charge in [-0.2, -0.15) is 0 Å². The van der Waals surface area contributed by atoms with Gasteiger partial charge in [0, 0.05) is 0 Å². The predicted molar refractivity (Wildman–Crippen MR) is 84.0 cm³/mol. The fraction of sp³-hybridized carbons (Fsp3) is 0.118. The van der Waals surface area contributed by atoms with Crippen LogP contribution in [0.15, 0.2) is 67.3 Å². The number of rotatable bonds is 4. The summed E-state index contributed by atoms with van der Waals surface area (Å²) in [6.07, 6.45) is 1.16. The Morgan fingerprint density at radius 1 is 1.05 bits per heavy atom. The van der Waals surface area contributed by atoms with Gasteiger partial charge in [-0.05, 0) is 17.7 Å². The first-order chi connectivity index (χ1) is 9.79. The molecule has 0 fully saturated rings. The molecule has 0 bridgehead atoms. The van der Waals surface area contributed by atoms with Crippen LogP contribution in [0.4, 0.5) is 0 Å². The monoisotopic (exact) mass is 281 g/mol. The number of aromatic nitrogens is 1. The van der Waals surface area contributed by atoms with E-state index in [0.717, 1.165) is 20.8 Å². The molecule has 2 nitrogen and oxygen atoms in total. The maximum absolute atomic E-state index is 10.6. The van der Waals surface area contributed by atoms with E-state index in [9.17, 15) is 5.11 Å². The molecule has 0 aliphatic rings. The minimum atomic E-state index is -0.616. The smallest absolute Gasteiger partial charge is 0.104 e. The Bertz CT molecular complexity index is 687. The molecule has 0 aliphatic heterocycles. The maximum atomic E-state index is 10.6. The van der Waals surface area contributed by atoms with Crippen LogP contribution in [0.2, 0.25) is 0 Å². The van der Waals surface area contributed by atoms with Crippen molar-refractivity contribution >= 4 is 21.6 Å². The molecule has 1 aromatic heterocycles. The quantitative estimate of drug-likeness (QED) is 0.723. The molecule has 3 aromatic rings. The van der Waals surface area contributed by atoms with Gasteiger partial charge >= 0.3 is 0 Å². The number of aliphatic hydroxyl groups is 1. The van der Waals surface area contributed by atoms with Crippen molar-refractivity contribution in [3.63, 3.8) is 0 Å². The Hall–Kier alpha value is -1.97. The fourth-order valence-corrected chi connectivity index (χ4v) is 3.35. The molecule has 0 saturated carbocycles. The third kappa shape index (κ3) is 2.38. The minimum Gasteiger partial charge on any atom is -0.387 e. The molecule has 0 amide bonds. The number of hydrogen-bond acceptors (Lipinski definition) is 3. The number of hydrogen-bond donors (Lipinski definition) is 1. The summed E-state index contributed by atoms with van der Waals surface area (Å²) in [7, 11) is 0. The SMILES string of the molecule is C=C[C@@H](c1nc2ccccc2s1)[C@H](O)c1ccccc1. The van der Waals surface area contributed by atoms with Crippen molar-refractivity contribution in [2.24, 2.45) is 0 Å². The third-order valence-electron chi connectivity index (χ3n) is 3.33. The van der Waals surface area contributed by atoms with Crippen molar-refractivity contribution in [3.05, 3.63) is 77.8 Å². The Morgan fingerprint density at radius 2 is 1.75 bits per heavy atom. The Labute approximate surface area is 122 Å². The molecule has 0 saturated heterocycles. The lowest BCUT2D eigenvalue weighted by molar-refractivity contribution is 0.162. The summed E-state index contributed by atoms with van der Waals surface area (Å²) in [5, 5.41) is 11.5. The standard InChI is InChI=1S/C17H15NOS/c1-2-13(16(19)12-8-4-3-5-9-12)17-18-14-10-6-7-11-15(14)20-17/h2-11,13,16,19H,1H2/t13-,16-/m1/s1. The molecule has 3 rings (SSSR count). The van der Waals surface area contributed by atoms with Gasteiger partial charge in [0.05, 0.1) is 22.2 Å². The predicted octanol–water partition coefficient (Wildman–Crippen LogP) is 4.30. The molecule has 1 heterocycles. The number of fused-ring (bicyclic) bond motifs is 1. The molecule has 20 heavy (non-hydrogen) atoms. The van der Waals surface area contributed by atoms with Crippen LogP contribution in [0.5, 0.6) is 0 Å². The Balaban J connectivity index is 1.99. The molecular weight excluding hydrogens is 266 g/mol. The largest absolute Gasteiger partial charge is 0.387 e. The van der Waals surface area contributed by atoms with Gasteiger partial charge in [-0.1, -0.05) is 48.5 Å². The second kappa shape index (κ2) is 5.57. The van der Waals surface area contributed by atoms with Crippen LogP contribution in [0.3, 0.4) is 0 Å². The van der Waals surface area contributed by atoms with E-state index in [4.69, 9.17) is 0 Å². The molecule has 2 atom stereocenters. The first-order valence-corrected chi connectivity index (χ1v) is 7.32. The molecule has 0 aliphatic carbocycles. The van der Waals surface area contributed by atoms with Crippen molar-refractivity contribution in [1.82, 2.24) is 4.98 Å². The normalized spacial score (nSPS) is 14.1. The average molecular weight is 281 g/mol. The van der Waals surface area contributed by atoms with Crippen LogP contribution < -0.4 is 0 Å². The summed E-state index contributed by atoms with van der Waals surface area (Å²) in [4.78, 5) is 4.62. The third-order valence-corrected chi connectivity index (χ3v) is 4.47. The lowest BCUT2D eigenvalue weighted by atomic mass is 9.96. The lowest BCUT2D eigenvalue weighted by Gasteiger charge is -2.17. The molecule has 1 N–H and O–H groups in total. The van der Waals surface area contributed by atoms with Gasteiger partial charge < -0.3 is 5.11 Å². The molecule has 3 heteroatoms. The first-order valence-electron chi connectivity index (χ1n) is 6.50. The van der Waals surface area contributed by atoms with E-state index in [2.05, 4.69) is 11.6 Å². The molecule has 2 aromatic carbocycles. The molecule has 0 unspecified atom stereocenters. The van der Waals surface area contributed by atoms with Gasteiger partial charge in [-0.3, -0.25) is 0 Å². The zero-order chi connectivity index (χ0) is 13.9. The van der Waals surface area contributed by atoms with Crippen LogP contribution in [0, 0.1) is 0 Å². The highest BCUT2D eigenvalue weighted by atomic mass is 32.1. The van der Waals surface area contributed by atoms with Crippen molar-refractivity contribution < 1.29 is 5.11 Å². The van der Waals surface area contributed by atoms with Crippen molar-refractivity contribution in [3.8, 4) is 0 Å². The zero-order valence-corrected chi connectivity index (χ0v) is 11.8. The van der Waals surface area contributed by atoms with E-state index < -0.39 is 6.10 Å². The van der Waals surface area contributed by atoms with Gasteiger partial charge in [0.1, 0.15) is 5.01 Å². The van der Waals surface area contributed by atoms with Gasteiger partial charge in [0.2, 0.25) is 0 Å².